The maximum absolute atomic E-state index is 8.85. The maximum atomic E-state index is 8.85. The first-order valence-corrected chi connectivity index (χ1v) is 5.16. The van der Waals surface area contributed by atoms with Crippen molar-refractivity contribution in [3.63, 3.8) is 0 Å². The average molecular weight is 209 g/mol. The summed E-state index contributed by atoms with van der Waals surface area (Å²) in [5, 5.41) is 16.8. The van der Waals surface area contributed by atoms with Gasteiger partial charge in [0, 0.05) is 19.7 Å². The fourth-order valence-electron chi connectivity index (χ4n) is 1.58. The Bertz CT molecular complexity index is 294. The number of anilines is 1. The van der Waals surface area contributed by atoms with E-state index in [2.05, 4.69) is 15.1 Å². The van der Waals surface area contributed by atoms with Gasteiger partial charge in [-0.15, -0.1) is 5.10 Å². The van der Waals surface area contributed by atoms with E-state index in [4.69, 9.17) is 9.84 Å². The largest absolute Gasteiger partial charge is 0.390 e. The van der Waals surface area contributed by atoms with Crippen molar-refractivity contribution in [1.29, 1.82) is 0 Å². The number of hydrogen-bond donors (Lipinski definition) is 1. The Hall–Kier alpha value is -1.20. The minimum absolute atomic E-state index is 0.0591. The Morgan fingerprint density at radius 1 is 1.27 bits per heavy atom. The molecule has 0 aliphatic carbocycles. The summed E-state index contributed by atoms with van der Waals surface area (Å²) in [6.45, 7) is 3.30. The lowest BCUT2D eigenvalue weighted by molar-refractivity contribution is 0.152. The second-order valence-electron chi connectivity index (χ2n) is 3.49. The maximum Gasteiger partial charge on any atom is 0.151 e. The second-order valence-corrected chi connectivity index (χ2v) is 3.49. The highest BCUT2D eigenvalue weighted by Gasteiger charge is 2.11. The first-order chi connectivity index (χ1) is 7.40. The summed E-state index contributed by atoms with van der Waals surface area (Å²) in [6.07, 6.45) is 1.02. The van der Waals surface area contributed by atoms with Gasteiger partial charge in [0.05, 0.1) is 18.9 Å². The highest BCUT2D eigenvalue weighted by atomic mass is 16.5. The molecule has 0 bridgehead atoms. The molecule has 0 unspecified atom stereocenters. The summed E-state index contributed by atoms with van der Waals surface area (Å²) >= 11 is 0. The van der Waals surface area contributed by atoms with Crippen molar-refractivity contribution in [3.8, 4) is 0 Å². The Labute approximate surface area is 88.7 Å². The van der Waals surface area contributed by atoms with Crippen LogP contribution in [0.2, 0.25) is 0 Å². The molecular weight excluding hydrogens is 194 g/mol. The molecule has 82 valence electrons. The Kier molecular flexibility index (Phi) is 3.47. The summed E-state index contributed by atoms with van der Waals surface area (Å²) in [7, 11) is 0. The molecule has 0 aromatic carbocycles. The Morgan fingerprint density at radius 3 is 2.93 bits per heavy atom. The van der Waals surface area contributed by atoms with Gasteiger partial charge in [0.1, 0.15) is 0 Å². The van der Waals surface area contributed by atoms with Gasteiger partial charge in [-0.3, -0.25) is 0 Å². The molecule has 1 aliphatic heterocycles. The summed E-state index contributed by atoms with van der Waals surface area (Å²) in [6, 6.07) is 3.69. The molecule has 1 aliphatic rings. The zero-order valence-electron chi connectivity index (χ0n) is 8.59. The molecule has 5 heteroatoms. The molecule has 0 radical (unpaired) electrons. The number of aromatic nitrogens is 2. The summed E-state index contributed by atoms with van der Waals surface area (Å²) < 4.78 is 5.36. The number of nitrogens with zero attached hydrogens (tertiary/aromatic N) is 3. The minimum atomic E-state index is -0.0591. The molecule has 1 aromatic rings. The minimum Gasteiger partial charge on any atom is -0.390 e. The van der Waals surface area contributed by atoms with E-state index >= 15 is 0 Å². The monoisotopic (exact) mass is 209 g/mol. The third kappa shape index (κ3) is 2.64. The molecule has 1 saturated heterocycles. The normalized spacial score (nSPS) is 17.5. The van der Waals surface area contributed by atoms with Crippen LogP contribution in [0.3, 0.4) is 0 Å². The zero-order chi connectivity index (χ0) is 10.5. The van der Waals surface area contributed by atoms with Crippen LogP contribution in [0.1, 0.15) is 12.1 Å². The van der Waals surface area contributed by atoms with Gasteiger partial charge >= 0.3 is 0 Å². The predicted molar refractivity (Wildman–Crippen MR) is 55.6 cm³/mol. The molecule has 1 aromatic heterocycles. The number of hydrogen-bond acceptors (Lipinski definition) is 5. The molecule has 0 atom stereocenters. The number of rotatable bonds is 2. The molecule has 1 N–H and O–H groups in total. The van der Waals surface area contributed by atoms with Crippen molar-refractivity contribution in [2.45, 2.75) is 13.0 Å². The van der Waals surface area contributed by atoms with E-state index in [1.54, 1.807) is 6.07 Å². The van der Waals surface area contributed by atoms with Crippen LogP contribution in [-0.4, -0.2) is 41.6 Å². The Morgan fingerprint density at radius 2 is 2.20 bits per heavy atom. The van der Waals surface area contributed by atoms with Gasteiger partial charge in [0.15, 0.2) is 5.82 Å². The third-order valence-electron chi connectivity index (χ3n) is 2.41. The number of aliphatic hydroxyl groups excluding tert-OH is 1. The van der Waals surface area contributed by atoms with Gasteiger partial charge in [-0.2, -0.15) is 5.10 Å². The van der Waals surface area contributed by atoms with E-state index in [1.165, 1.54) is 0 Å². The molecular formula is C10H15N3O2. The standard InChI is InChI=1S/C10H15N3O2/c14-8-9-2-3-10(12-11-9)13-4-1-6-15-7-5-13/h2-3,14H,1,4-8H2. The lowest BCUT2D eigenvalue weighted by Crippen LogP contribution is -2.27. The van der Waals surface area contributed by atoms with E-state index < -0.39 is 0 Å². The van der Waals surface area contributed by atoms with Crippen molar-refractivity contribution in [1.82, 2.24) is 10.2 Å². The fraction of sp³-hybridized carbons (Fsp3) is 0.600. The van der Waals surface area contributed by atoms with Crippen LogP contribution in [0, 0.1) is 0 Å². The van der Waals surface area contributed by atoms with Crippen LogP contribution in [0.4, 0.5) is 5.82 Å². The van der Waals surface area contributed by atoms with Crippen molar-refractivity contribution >= 4 is 5.82 Å². The number of aliphatic hydroxyl groups is 1. The first kappa shape index (κ1) is 10.3. The average Bonchev–Trinajstić information content (AvgIpc) is 2.58. The van der Waals surface area contributed by atoms with E-state index in [0.717, 1.165) is 38.5 Å². The topological polar surface area (TPSA) is 58.5 Å². The highest BCUT2D eigenvalue weighted by Crippen LogP contribution is 2.11. The fourth-order valence-corrected chi connectivity index (χ4v) is 1.58. The molecule has 0 amide bonds. The molecule has 2 heterocycles. The van der Waals surface area contributed by atoms with E-state index in [9.17, 15) is 0 Å². The summed E-state index contributed by atoms with van der Waals surface area (Å²) in [5.74, 6) is 0.859. The van der Waals surface area contributed by atoms with E-state index in [1.807, 2.05) is 6.07 Å². The van der Waals surface area contributed by atoms with Crippen LogP contribution >= 0.6 is 0 Å². The highest BCUT2D eigenvalue weighted by molar-refractivity contribution is 5.37. The summed E-state index contributed by atoms with van der Waals surface area (Å²) in [5.41, 5.74) is 0.602. The van der Waals surface area contributed by atoms with Crippen LogP contribution in [-0.2, 0) is 11.3 Å². The van der Waals surface area contributed by atoms with Crippen molar-refractivity contribution < 1.29 is 9.84 Å². The molecule has 0 saturated carbocycles. The van der Waals surface area contributed by atoms with Crippen LogP contribution < -0.4 is 4.90 Å². The van der Waals surface area contributed by atoms with Gasteiger partial charge in [-0.1, -0.05) is 0 Å². The van der Waals surface area contributed by atoms with Gasteiger partial charge in [0.25, 0.3) is 0 Å². The third-order valence-corrected chi connectivity index (χ3v) is 2.41. The van der Waals surface area contributed by atoms with Crippen molar-refractivity contribution in [2.75, 3.05) is 31.2 Å². The molecule has 1 fully saturated rings. The molecule has 15 heavy (non-hydrogen) atoms. The van der Waals surface area contributed by atoms with Gasteiger partial charge in [-0.25, -0.2) is 0 Å². The lowest BCUT2D eigenvalue weighted by atomic mass is 10.3. The van der Waals surface area contributed by atoms with Gasteiger partial charge < -0.3 is 14.7 Å². The van der Waals surface area contributed by atoms with E-state index in [0.29, 0.717) is 5.69 Å². The number of ether oxygens (including phenoxy) is 1. The predicted octanol–water partition coefficient (Wildman–Crippen LogP) is 0.196. The second kappa shape index (κ2) is 5.04. The smallest absolute Gasteiger partial charge is 0.151 e. The van der Waals surface area contributed by atoms with Crippen LogP contribution in [0.25, 0.3) is 0 Å². The van der Waals surface area contributed by atoms with Crippen molar-refractivity contribution in [3.05, 3.63) is 17.8 Å². The van der Waals surface area contributed by atoms with Gasteiger partial charge in [0.2, 0.25) is 0 Å². The zero-order valence-corrected chi connectivity index (χ0v) is 8.59. The quantitative estimate of drug-likeness (QED) is 0.753. The molecule has 5 nitrogen and oxygen atoms in total. The van der Waals surface area contributed by atoms with Crippen LogP contribution in [0.5, 0.6) is 0 Å². The Balaban J connectivity index is 2.06. The molecule has 2 rings (SSSR count). The molecule has 0 spiro atoms. The van der Waals surface area contributed by atoms with Gasteiger partial charge in [-0.05, 0) is 18.6 Å². The van der Waals surface area contributed by atoms with Crippen LogP contribution in [0.15, 0.2) is 12.1 Å². The first-order valence-electron chi connectivity index (χ1n) is 5.16. The van der Waals surface area contributed by atoms with E-state index in [-0.39, 0.29) is 6.61 Å². The van der Waals surface area contributed by atoms with Crippen molar-refractivity contribution in [2.24, 2.45) is 0 Å². The lowest BCUT2D eigenvalue weighted by Gasteiger charge is -2.19. The SMILES string of the molecule is OCc1ccc(N2CCCOCC2)nn1. The summed E-state index contributed by atoms with van der Waals surface area (Å²) in [4.78, 5) is 2.15.